The Morgan fingerprint density at radius 1 is 1.23 bits per heavy atom. The molecule has 0 atom stereocenters. The summed E-state index contributed by atoms with van der Waals surface area (Å²) in [6.07, 6.45) is 5.54. The highest BCUT2D eigenvalue weighted by molar-refractivity contribution is 5.78. The topological polar surface area (TPSA) is 72.7 Å². The SMILES string of the molecule is Cc1ccc(-n2nnnc2CNC(=O)C2CCCCC2)cc1. The van der Waals surface area contributed by atoms with Gasteiger partial charge in [0.25, 0.3) is 0 Å². The van der Waals surface area contributed by atoms with Crippen LogP contribution in [0.1, 0.15) is 43.5 Å². The average molecular weight is 299 g/mol. The van der Waals surface area contributed by atoms with Gasteiger partial charge in [-0.2, -0.15) is 4.68 Å². The zero-order valence-electron chi connectivity index (χ0n) is 12.8. The van der Waals surface area contributed by atoms with Crippen molar-refractivity contribution in [2.24, 2.45) is 5.92 Å². The van der Waals surface area contributed by atoms with E-state index in [1.807, 2.05) is 31.2 Å². The molecule has 2 aromatic rings. The predicted octanol–water partition coefficient (Wildman–Crippen LogP) is 2.17. The van der Waals surface area contributed by atoms with Crippen molar-refractivity contribution < 1.29 is 4.79 Å². The molecule has 1 fully saturated rings. The van der Waals surface area contributed by atoms with Gasteiger partial charge in [0.05, 0.1) is 12.2 Å². The monoisotopic (exact) mass is 299 g/mol. The Balaban J connectivity index is 1.65. The number of carbonyl (C=O) groups is 1. The van der Waals surface area contributed by atoms with Gasteiger partial charge in [-0.1, -0.05) is 37.0 Å². The number of aromatic nitrogens is 4. The fourth-order valence-corrected chi connectivity index (χ4v) is 2.88. The minimum absolute atomic E-state index is 0.123. The highest BCUT2D eigenvalue weighted by atomic mass is 16.1. The molecule has 6 nitrogen and oxygen atoms in total. The van der Waals surface area contributed by atoms with E-state index < -0.39 is 0 Å². The van der Waals surface area contributed by atoms with E-state index in [1.54, 1.807) is 4.68 Å². The minimum atomic E-state index is 0.123. The van der Waals surface area contributed by atoms with E-state index in [2.05, 4.69) is 20.8 Å². The molecule has 22 heavy (non-hydrogen) atoms. The van der Waals surface area contributed by atoms with Crippen molar-refractivity contribution in [3.63, 3.8) is 0 Å². The Labute approximate surface area is 129 Å². The van der Waals surface area contributed by atoms with Crippen molar-refractivity contribution in [1.29, 1.82) is 0 Å². The van der Waals surface area contributed by atoms with Crippen LogP contribution in [-0.4, -0.2) is 26.1 Å². The second-order valence-corrected chi connectivity index (χ2v) is 5.90. The predicted molar refractivity (Wildman–Crippen MR) is 82.3 cm³/mol. The van der Waals surface area contributed by atoms with Gasteiger partial charge in [0.1, 0.15) is 0 Å². The molecule has 0 bridgehead atoms. The third kappa shape index (κ3) is 3.32. The molecule has 6 heteroatoms. The third-order valence-electron chi connectivity index (χ3n) is 4.21. The van der Waals surface area contributed by atoms with Gasteiger partial charge in [-0.3, -0.25) is 4.79 Å². The molecule has 1 amide bonds. The summed E-state index contributed by atoms with van der Waals surface area (Å²) in [7, 11) is 0. The number of rotatable bonds is 4. The van der Waals surface area contributed by atoms with Gasteiger partial charge >= 0.3 is 0 Å². The average Bonchev–Trinajstić information content (AvgIpc) is 3.02. The first-order chi connectivity index (χ1) is 10.7. The van der Waals surface area contributed by atoms with Crippen LogP contribution in [0.2, 0.25) is 0 Å². The van der Waals surface area contributed by atoms with Crippen LogP contribution < -0.4 is 5.32 Å². The van der Waals surface area contributed by atoms with Crippen LogP contribution in [0, 0.1) is 12.8 Å². The van der Waals surface area contributed by atoms with E-state index in [4.69, 9.17) is 0 Å². The van der Waals surface area contributed by atoms with Crippen LogP contribution in [0.3, 0.4) is 0 Å². The molecule has 0 aliphatic heterocycles. The third-order valence-corrected chi connectivity index (χ3v) is 4.21. The smallest absolute Gasteiger partial charge is 0.223 e. The Kier molecular flexibility index (Phi) is 4.46. The molecule has 3 rings (SSSR count). The lowest BCUT2D eigenvalue weighted by atomic mass is 9.89. The van der Waals surface area contributed by atoms with Crippen molar-refractivity contribution in [3.05, 3.63) is 35.7 Å². The van der Waals surface area contributed by atoms with E-state index in [9.17, 15) is 4.79 Å². The number of aryl methyl sites for hydroxylation is 1. The molecule has 116 valence electrons. The van der Waals surface area contributed by atoms with Gasteiger partial charge < -0.3 is 5.32 Å². The van der Waals surface area contributed by atoms with Crippen LogP contribution in [0.15, 0.2) is 24.3 Å². The Bertz CT molecular complexity index is 628. The first kappa shape index (κ1) is 14.7. The summed E-state index contributed by atoms with van der Waals surface area (Å²) in [5.41, 5.74) is 2.08. The quantitative estimate of drug-likeness (QED) is 0.939. The van der Waals surface area contributed by atoms with E-state index in [0.29, 0.717) is 12.4 Å². The van der Waals surface area contributed by atoms with Crippen molar-refractivity contribution in [2.75, 3.05) is 0 Å². The number of carbonyl (C=O) groups excluding carboxylic acids is 1. The number of benzene rings is 1. The summed E-state index contributed by atoms with van der Waals surface area (Å²) >= 11 is 0. The van der Waals surface area contributed by atoms with E-state index in [1.165, 1.54) is 12.0 Å². The molecule has 1 N–H and O–H groups in total. The standard InChI is InChI=1S/C16H21N5O/c1-12-7-9-14(10-8-12)21-15(18-19-20-21)11-17-16(22)13-5-3-2-4-6-13/h7-10,13H,2-6,11H2,1H3,(H,17,22). The molecule has 1 aromatic heterocycles. The number of tetrazole rings is 1. The zero-order chi connectivity index (χ0) is 15.4. The van der Waals surface area contributed by atoms with Gasteiger partial charge in [0, 0.05) is 5.92 Å². The van der Waals surface area contributed by atoms with E-state index >= 15 is 0 Å². The first-order valence-corrected chi connectivity index (χ1v) is 7.86. The van der Waals surface area contributed by atoms with Crippen LogP contribution in [0.4, 0.5) is 0 Å². The highest BCUT2D eigenvalue weighted by Crippen LogP contribution is 2.23. The highest BCUT2D eigenvalue weighted by Gasteiger charge is 2.21. The van der Waals surface area contributed by atoms with Gasteiger partial charge in [-0.05, 0) is 42.3 Å². The van der Waals surface area contributed by atoms with Crippen LogP contribution in [0.25, 0.3) is 5.69 Å². The maximum atomic E-state index is 12.2. The number of hydrogen-bond donors (Lipinski definition) is 1. The molecule has 0 unspecified atom stereocenters. The maximum absolute atomic E-state index is 12.2. The lowest BCUT2D eigenvalue weighted by Crippen LogP contribution is -2.32. The molecule has 1 aromatic carbocycles. The molecule has 0 radical (unpaired) electrons. The molecular formula is C16H21N5O. The number of nitrogens with one attached hydrogen (secondary N) is 1. The Morgan fingerprint density at radius 2 is 1.95 bits per heavy atom. The maximum Gasteiger partial charge on any atom is 0.223 e. The second-order valence-electron chi connectivity index (χ2n) is 5.90. The zero-order valence-corrected chi connectivity index (χ0v) is 12.8. The van der Waals surface area contributed by atoms with Gasteiger partial charge in [0.15, 0.2) is 5.82 Å². The Hall–Kier alpha value is -2.24. The lowest BCUT2D eigenvalue weighted by molar-refractivity contribution is -0.126. The minimum Gasteiger partial charge on any atom is -0.348 e. The molecule has 1 aliphatic carbocycles. The molecular weight excluding hydrogens is 278 g/mol. The molecule has 0 spiro atoms. The van der Waals surface area contributed by atoms with Crippen molar-refractivity contribution in [3.8, 4) is 5.69 Å². The van der Waals surface area contributed by atoms with E-state index in [-0.39, 0.29) is 11.8 Å². The normalized spacial score (nSPS) is 15.7. The van der Waals surface area contributed by atoms with Gasteiger partial charge in [0.2, 0.25) is 5.91 Å². The molecule has 1 aliphatic rings. The Morgan fingerprint density at radius 3 is 2.68 bits per heavy atom. The lowest BCUT2D eigenvalue weighted by Gasteiger charge is -2.20. The van der Waals surface area contributed by atoms with Gasteiger partial charge in [-0.15, -0.1) is 5.10 Å². The first-order valence-electron chi connectivity index (χ1n) is 7.86. The number of hydrogen-bond acceptors (Lipinski definition) is 4. The summed E-state index contributed by atoms with van der Waals surface area (Å²) in [6.45, 7) is 2.39. The summed E-state index contributed by atoms with van der Waals surface area (Å²) in [5.74, 6) is 0.920. The van der Waals surface area contributed by atoms with Gasteiger partial charge in [-0.25, -0.2) is 0 Å². The fourth-order valence-electron chi connectivity index (χ4n) is 2.88. The number of nitrogens with zero attached hydrogens (tertiary/aromatic N) is 4. The number of amides is 1. The van der Waals surface area contributed by atoms with Crippen LogP contribution in [0.5, 0.6) is 0 Å². The molecule has 1 saturated carbocycles. The van der Waals surface area contributed by atoms with Crippen LogP contribution >= 0.6 is 0 Å². The van der Waals surface area contributed by atoms with Crippen molar-refractivity contribution in [2.45, 2.75) is 45.6 Å². The summed E-state index contributed by atoms with van der Waals surface area (Å²) in [4.78, 5) is 12.2. The molecule has 0 saturated heterocycles. The van der Waals surface area contributed by atoms with E-state index in [0.717, 1.165) is 31.4 Å². The largest absolute Gasteiger partial charge is 0.348 e. The van der Waals surface area contributed by atoms with Crippen molar-refractivity contribution >= 4 is 5.91 Å². The fraction of sp³-hybridized carbons (Fsp3) is 0.500. The molecule has 1 heterocycles. The summed E-state index contributed by atoms with van der Waals surface area (Å²) < 4.78 is 1.67. The second kappa shape index (κ2) is 6.68. The van der Waals surface area contributed by atoms with Crippen LogP contribution in [-0.2, 0) is 11.3 Å². The summed E-state index contributed by atoms with van der Waals surface area (Å²) in [6, 6.07) is 7.97. The summed E-state index contributed by atoms with van der Waals surface area (Å²) in [5, 5.41) is 14.7. The van der Waals surface area contributed by atoms with Crippen molar-refractivity contribution in [1.82, 2.24) is 25.5 Å².